The first-order chi connectivity index (χ1) is 8.49. The number of aromatic hydroxyl groups is 1. The van der Waals surface area contributed by atoms with E-state index in [2.05, 4.69) is 24.5 Å². The number of phenols is 1. The van der Waals surface area contributed by atoms with Gasteiger partial charge in [-0.1, -0.05) is 19.9 Å². The normalized spacial score (nSPS) is 10.7. The molecule has 0 fully saturated rings. The van der Waals surface area contributed by atoms with Crippen molar-refractivity contribution < 1.29 is 9.90 Å². The lowest BCUT2D eigenvalue weighted by Crippen LogP contribution is -2.24. The number of carbonyl (C=O) groups excluding carboxylic acids is 1. The predicted molar refractivity (Wildman–Crippen MR) is 73.8 cm³/mol. The van der Waals surface area contributed by atoms with Gasteiger partial charge < -0.3 is 15.7 Å². The third kappa shape index (κ3) is 5.19. The summed E-state index contributed by atoms with van der Waals surface area (Å²) < 4.78 is 0. The average molecular weight is 250 g/mol. The number of carbonyl (C=O) groups is 1. The summed E-state index contributed by atoms with van der Waals surface area (Å²) in [4.78, 5) is 11.6. The van der Waals surface area contributed by atoms with Gasteiger partial charge in [0.15, 0.2) is 0 Å². The molecule has 0 bridgehead atoms. The number of amides is 1. The van der Waals surface area contributed by atoms with Crippen LogP contribution in [-0.4, -0.2) is 23.6 Å². The highest BCUT2D eigenvalue weighted by Gasteiger charge is 2.04. The summed E-state index contributed by atoms with van der Waals surface area (Å²) in [6.07, 6.45) is 1.29. The first kappa shape index (κ1) is 14.5. The number of phenolic OH excluding ortho intramolecular Hbond substituents is 1. The van der Waals surface area contributed by atoms with Gasteiger partial charge in [0.1, 0.15) is 5.75 Å². The van der Waals surface area contributed by atoms with Crippen LogP contribution >= 0.6 is 0 Å². The van der Waals surface area contributed by atoms with Crippen LogP contribution in [-0.2, 0) is 4.79 Å². The first-order valence-electron chi connectivity index (χ1n) is 6.32. The molecule has 3 N–H and O–H groups in total. The van der Waals surface area contributed by atoms with Crippen LogP contribution in [0.4, 0.5) is 5.69 Å². The van der Waals surface area contributed by atoms with E-state index < -0.39 is 0 Å². The van der Waals surface area contributed by atoms with Crippen molar-refractivity contribution in [3.63, 3.8) is 0 Å². The number of hydrogen-bond donors (Lipinski definition) is 3. The average Bonchev–Trinajstić information content (AvgIpc) is 2.29. The fourth-order valence-electron chi connectivity index (χ4n) is 1.55. The van der Waals surface area contributed by atoms with Crippen LogP contribution in [0.3, 0.4) is 0 Å². The lowest BCUT2D eigenvalue weighted by molar-refractivity contribution is -0.116. The molecule has 0 atom stereocenters. The molecule has 4 heteroatoms. The minimum Gasteiger partial charge on any atom is -0.508 e. The summed E-state index contributed by atoms with van der Waals surface area (Å²) in [5, 5.41) is 15.6. The van der Waals surface area contributed by atoms with Crippen molar-refractivity contribution in [3.8, 4) is 5.75 Å². The van der Waals surface area contributed by atoms with Crippen molar-refractivity contribution >= 4 is 11.6 Å². The molecule has 0 aliphatic heterocycles. The van der Waals surface area contributed by atoms with Crippen LogP contribution in [0.25, 0.3) is 0 Å². The highest BCUT2D eigenvalue weighted by molar-refractivity contribution is 5.90. The molecule has 0 aliphatic carbocycles. The minimum absolute atomic E-state index is 0.0243. The van der Waals surface area contributed by atoms with Gasteiger partial charge in [-0.2, -0.15) is 0 Å². The van der Waals surface area contributed by atoms with Crippen LogP contribution < -0.4 is 10.6 Å². The van der Waals surface area contributed by atoms with Gasteiger partial charge in [0.25, 0.3) is 0 Å². The molecule has 1 aromatic carbocycles. The second-order valence-corrected chi connectivity index (χ2v) is 4.76. The predicted octanol–water partition coefficient (Wildman–Crippen LogP) is 2.42. The largest absolute Gasteiger partial charge is 0.508 e. The van der Waals surface area contributed by atoms with Crippen molar-refractivity contribution in [2.24, 2.45) is 0 Å². The van der Waals surface area contributed by atoms with Crippen molar-refractivity contribution in [1.82, 2.24) is 5.32 Å². The Kier molecular flexibility index (Phi) is 5.65. The minimum atomic E-state index is -0.0243. The van der Waals surface area contributed by atoms with Gasteiger partial charge in [0, 0.05) is 24.2 Å². The standard InChI is InChI=1S/C14H22N2O2/c1-10(2)15-8-4-5-14(18)16-12-7-6-11(3)13(17)9-12/h6-7,9-10,15,17H,4-5,8H2,1-3H3,(H,16,18). The third-order valence-electron chi connectivity index (χ3n) is 2.63. The molecule has 0 aromatic heterocycles. The van der Waals surface area contributed by atoms with Crippen LogP contribution in [0.2, 0.25) is 0 Å². The maximum atomic E-state index is 11.6. The van der Waals surface area contributed by atoms with Crippen LogP contribution in [0, 0.1) is 6.92 Å². The highest BCUT2D eigenvalue weighted by atomic mass is 16.3. The molecular formula is C14H22N2O2. The topological polar surface area (TPSA) is 61.4 Å². The zero-order chi connectivity index (χ0) is 13.5. The van der Waals surface area contributed by atoms with Crippen molar-refractivity contribution in [2.75, 3.05) is 11.9 Å². The smallest absolute Gasteiger partial charge is 0.224 e. The molecule has 0 unspecified atom stereocenters. The summed E-state index contributed by atoms with van der Waals surface area (Å²) in [5.41, 5.74) is 1.44. The zero-order valence-electron chi connectivity index (χ0n) is 11.3. The number of rotatable bonds is 6. The maximum absolute atomic E-state index is 11.6. The number of nitrogens with one attached hydrogen (secondary N) is 2. The molecule has 18 heavy (non-hydrogen) atoms. The molecule has 100 valence electrons. The molecule has 0 radical (unpaired) electrons. The van der Waals surface area contributed by atoms with Crippen LogP contribution in [0.5, 0.6) is 5.75 Å². The zero-order valence-corrected chi connectivity index (χ0v) is 11.3. The van der Waals surface area contributed by atoms with Gasteiger partial charge in [0.05, 0.1) is 0 Å². The van der Waals surface area contributed by atoms with Gasteiger partial charge in [-0.05, 0) is 31.5 Å². The molecule has 0 saturated carbocycles. The molecule has 1 rings (SSSR count). The number of hydrogen-bond acceptors (Lipinski definition) is 3. The van der Waals surface area contributed by atoms with Gasteiger partial charge in [-0.15, -0.1) is 0 Å². The van der Waals surface area contributed by atoms with E-state index in [4.69, 9.17) is 0 Å². The molecule has 1 aromatic rings. The Morgan fingerprint density at radius 2 is 2.11 bits per heavy atom. The van der Waals surface area contributed by atoms with Gasteiger partial charge in [-0.25, -0.2) is 0 Å². The summed E-state index contributed by atoms with van der Waals surface area (Å²) in [6, 6.07) is 5.59. The number of anilines is 1. The Balaban J connectivity index is 2.33. The lowest BCUT2D eigenvalue weighted by Gasteiger charge is -2.09. The van der Waals surface area contributed by atoms with E-state index >= 15 is 0 Å². The third-order valence-corrected chi connectivity index (χ3v) is 2.63. The summed E-state index contributed by atoms with van der Waals surface area (Å²) >= 11 is 0. The molecule has 0 heterocycles. The molecule has 1 amide bonds. The fourth-order valence-corrected chi connectivity index (χ4v) is 1.55. The van der Waals surface area contributed by atoms with Crippen molar-refractivity contribution in [2.45, 2.75) is 39.7 Å². The van der Waals surface area contributed by atoms with E-state index in [0.29, 0.717) is 18.2 Å². The van der Waals surface area contributed by atoms with Crippen LogP contribution in [0.15, 0.2) is 18.2 Å². The second kappa shape index (κ2) is 7.01. The Labute approximate surface area is 108 Å². The maximum Gasteiger partial charge on any atom is 0.224 e. The van der Waals surface area contributed by atoms with Crippen LogP contribution in [0.1, 0.15) is 32.3 Å². The van der Waals surface area contributed by atoms with E-state index in [9.17, 15) is 9.90 Å². The molecule has 0 saturated heterocycles. The van der Waals surface area contributed by atoms with Gasteiger partial charge in [-0.3, -0.25) is 4.79 Å². The highest BCUT2D eigenvalue weighted by Crippen LogP contribution is 2.20. The molecule has 0 aliphatic rings. The summed E-state index contributed by atoms with van der Waals surface area (Å²) in [7, 11) is 0. The van der Waals surface area contributed by atoms with E-state index in [1.54, 1.807) is 18.2 Å². The Hall–Kier alpha value is -1.55. The van der Waals surface area contributed by atoms with Gasteiger partial charge >= 0.3 is 0 Å². The monoisotopic (exact) mass is 250 g/mol. The Morgan fingerprint density at radius 3 is 2.72 bits per heavy atom. The summed E-state index contributed by atoms with van der Waals surface area (Å²) in [5.74, 6) is 0.179. The van der Waals surface area contributed by atoms with Gasteiger partial charge in [0.2, 0.25) is 5.91 Å². The summed E-state index contributed by atoms with van der Waals surface area (Å²) in [6.45, 7) is 6.81. The Bertz CT molecular complexity index is 403. The second-order valence-electron chi connectivity index (χ2n) is 4.76. The number of benzene rings is 1. The quantitative estimate of drug-likeness (QED) is 0.679. The van der Waals surface area contributed by atoms with E-state index in [1.807, 2.05) is 6.92 Å². The van der Waals surface area contributed by atoms with E-state index in [-0.39, 0.29) is 11.7 Å². The van der Waals surface area contributed by atoms with E-state index in [1.165, 1.54) is 0 Å². The molecule has 0 spiro atoms. The first-order valence-corrected chi connectivity index (χ1v) is 6.32. The Morgan fingerprint density at radius 1 is 1.39 bits per heavy atom. The van der Waals surface area contributed by atoms with Crippen molar-refractivity contribution in [1.29, 1.82) is 0 Å². The van der Waals surface area contributed by atoms with E-state index in [0.717, 1.165) is 18.5 Å². The van der Waals surface area contributed by atoms with Crippen molar-refractivity contribution in [3.05, 3.63) is 23.8 Å². The number of aryl methyl sites for hydroxylation is 1. The SMILES string of the molecule is Cc1ccc(NC(=O)CCCNC(C)C)cc1O. The fraction of sp³-hybridized carbons (Fsp3) is 0.500. The lowest BCUT2D eigenvalue weighted by atomic mass is 10.2. The molecular weight excluding hydrogens is 228 g/mol. The molecule has 4 nitrogen and oxygen atoms in total.